The van der Waals surface area contributed by atoms with Gasteiger partial charge < -0.3 is 10.1 Å². The van der Waals surface area contributed by atoms with Crippen molar-refractivity contribution in [2.45, 2.75) is 12.0 Å². The third kappa shape index (κ3) is 2.30. The molecule has 2 atom stereocenters. The summed E-state index contributed by atoms with van der Waals surface area (Å²) < 4.78 is 6.46. The van der Waals surface area contributed by atoms with Gasteiger partial charge in [-0.2, -0.15) is 0 Å². The molecule has 4 rings (SSSR count). The molecular formula is C19H17NO2S. The van der Waals surface area contributed by atoms with Crippen molar-refractivity contribution < 1.29 is 9.53 Å². The van der Waals surface area contributed by atoms with Crippen LogP contribution in [0.3, 0.4) is 0 Å². The summed E-state index contributed by atoms with van der Waals surface area (Å²) in [7, 11) is 1.68. The third-order valence-electron chi connectivity index (χ3n) is 4.45. The van der Waals surface area contributed by atoms with Crippen molar-refractivity contribution in [2.75, 3.05) is 7.05 Å². The van der Waals surface area contributed by atoms with Gasteiger partial charge in [0, 0.05) is 23.7 Å². The first-order chi connectivity index (χ1) is 11.2. The number of benzene rings is 2. The minimum atomic E-state index is -0.529. The molecule has 0 spiro atoms. The Balaban J connectivity index is 1.76. The van der Waals surface area contributed by atoms with Crippen LogP contribution in [0.2, 0.25) is 0 Å². The first-order valence-corrected chi connectivity index (χ1v) is 8.55. The summed E-state index contributed by atoms with van der Waals surface area (Å²) in [6, 6.07) is 18.3. The molecule has 1 saturated carbocycles. The maximum Gasteiger partial charge on any atom is 0.227 e. The molecule has 1 aliphatic rings. The second kappa shape index (κ2) is 5.39. The number of carbonyl (C=O) groups excluding carboxylic acids is 1. The Morgan fingerprint density at radius 2 is 2.00 bits per heavy atom. The number of rotatable bonds is 4. The zero-order valence-electron chi connectivity index (χ0n) is 12.8. The van der Waals surface area contributed by atoms with Crippen LogP contribution < -0.4 is 10.1 Å². The Morgan fingerprint density at radius 1 is 1.17 bits per heavy atom. The molecule has 116 valence electrons. The van der Waals surface area contributed by atoms with Crippen molar-refractivity contribution in [3.05, 3.63) is 64.9 Å². The first-order valence-electron chi connectivity index (χ1n) is 7.67. The number of fused-ring (bicyclic) bond motifs is 1. The molecule has 1 aliphatic carbocycles. The van der Waals surface area contributed by atoms with E-state index in [0.29, 0.717) is 0 Å². The topological polar surface area (TPSA) is 38.3 Å². The molecule has 23 heavy (non-hydrogen) atoms. The zero-order valence-corrected chi connectivity index (χ0v) is 13.6. The number of ether oxygens (including phenoxy) is 1. The highest BCUT2D eigenvalue weighted by Gasteiger charge is 2.63. The average molecular weight is 323 g/mol. The number of amides is 1. The maximum absolute atomic E-state index is 12.2. The minimum absolute atomic E-state index is 0.0404. The van der Waals surface area contributed by atoms with Crippen LogP contribution in [-0.4, -0.2) is 13.0 Å². The third-order valence-corrected chi connectivity index (χ3v) is 5.48. The Morgan fingerprint density at radius 3 is 2.78 bits per heavy atom. The molecule has 1 N–H and O–H groups in total. The van der Waals surface area contributed by atoms with Crippen molar-refractivity contribution >= 4 is 28.0 Å². The highest BCUT2D eigenvalue weighted by Crippen LogP contribution is 2.57. The van der Waals surface area contributed by atoms with Crippen molar-refractivity contribution in [1.82, 2.24) is 5.32 Å². The summed E-state index contributed by atoms with van der Waals surface area (Å²) in [6.07, 6.45) is 0.719. The predicted octanol–water partition coefficient (Wildman–Crippen LogP) is 3.94. The molecule has 3 aromatic rings. The van der Waals surface area contributed by atoms with Gasteiger partial charge in [-0.15, -0.1) is 11.3 Å². The molecule has 4 heteroatoms. The van der Waals surface area contributed by atoms with Crippen LogP contribution in [0.5, 0.6) is 5.75 Å². The molecule has 0 radical (unpaired) electrons. The van der Waals surface area contributed by atoms with Gasteiger partial charge in [-0.25, -0.2) is 0 Å². The minimum Gasteiger partial charge on any atom is -0.480 e. The van der Waals surface area contributed by atoms with Crippen LogP contribution in [0, 0.1) is 5.92 Å². The van der Waals surface area contributed by atoms with Crippen molar-refractivity contribution in [2.24, 2.45) is 5.92 Å². The van der Waals surface area contributed by atoms with Crippen LogP contribution in [-0.2, 0) is 10.4 Å². The summed E-state index contributed by atoms with van der Waals surface area (Å²) in [5, 5.41) is 7.00. The quantitative estimate of drug-likeness (QED) is 0.790. The second-order valence-corrected chi connectivity index (χ2v) is 6.76. The maximum atomic E-state index is 12.2. The summed E-state index contributed by atoms with van der Waals surface area (Å²) in [5.74, 6) is 0.742. The molecular weight excluding hydrogens is 306 g/mol. The molecule has 0 bridgehead atoms. The second-order valence-electron chi connectivity index (χ2n) is 5.82. The van der Waals surface area contributed by atoms with E-state index in [1.807, 2.05) is 35.7 Å². The fourth-order valence-electron chi connectivity index (χ4n) is 3.16. The number of hydrogen-bond acceptors (Lipinski definition) is 3. The predicted molar refractivity (Wildman–Crippen MR) is 92.7 cm³/mol. The smallest absolute Gasteiger partial charge is 0.227 e. The van der Waals surface area contributed by atoms with E-state index in [2.05, 4.69) is 29.6 Å². The largest absolute Gasteiger partial charge is 0.480 e. The highest BCUT2D eigenvalue weighted by atomic mass is 32.1. The van der Waals surface area contributed by atoms with Crippen LogP contribution in [0.4, 0.5) is 0 Å². The van der Waals surface area contributed by atoms with Crippen LogP contribution in [0.1, 0.15) is 11.3 Å². The Bertz CT molecular complexity index is 853. The van der Waals surface area contributed by atoms with E-state index >= 15 is 0 Å². The van der Waals surface area contributed by atoms with Crippen LogP contribution in [0.15, 0.2) is 60.0 Å². The summed E-state index contributed by atoms with van der Waals surface area (Å²) >= 11 is 1.64. The molecule has 0 aliphatic heterocycles. The van der Waals surface area contributed by atoms with E-state index in [4.69, 9.17) is 4.74 Å². The van der Waals surface area contributed by atoms with E-state index in [1.54, 1.807) is 18.4 Å². The lowest BCUT2D eigenvalue weighted by atomic mass is 10.1. The van der Waals surface area contributed by atoms with E-state index < -0.39 is 5.60 Å². The fraction of sp³-hybridized carbons (Fsp3) is 0.211. The molecule has 0 saturated heterocycles. The van der Waals surface area contributed by atoms with Crippen LogP contribution in [0.25, 0.3) is 10.8 Å². The molecule has 1 aromatic heterocycles. The average Bonchev–Trinajstić information content (AvgIpc) is 3.05. The normalized spacial score (nSPS) is 22.7. The van der Waals surface area contributed by atoms with Gasteiger partial charge in [0.2, 0.25) is 5.91 Å². The number of thiophene rings is 1. The van der Waals surface area contributed by atoms with Gasteiger partial charge in [0.25, 0.3) is 0 Å². The summed E-state index contributed by atoms with van der Waals surface area (Å²) in [4.78, 5) is 13.3. The van der Waals surface area contributed by atoms with Gasteiger partial charge in [0.05, 0.1) is 5.92 Å². The molecule has 1 fully saturated rings. The molecule has 1 heterocycles. The van der Waals surface area contributed by atoms with Crippen molar-refractivity contribution in [1.29, 1.82) is 0 Å². The number of nitrogens with one attached hydrogen (secondary N) is 1. The van der Waals surface area contributed by atoms with E-state index in [-0.39, 0.29) is 11.8 Å². The highest BCUT2D eigenvalue weighted by molar-refractivity contribution is 7.10. The molecule has 0 unspecified atom stereocenters. The van der Waals surface area contributed by atoms with Crippen LogP contribution >= 0.6 is 11.3 Å². The lowest BCUT2D eigenvalue weighted by molar-refractivity contribution is -0.123. The Hall–Kier alpha value is -2.33. The zero-order chi connectivity index (χ0) is 15.9. The van der Waals surface area contributed by atoms with Gasteiger partial charge in [0.15, 0.2) is 5.60 Å². The van der Waals surface area contributed by atoms with E-state index in [1.165, 1.54) is 0 Å². The Labute approximate surface area is 138 Å². The van der Waals surface area contributed by atoms with E-state index in [0.717, 1.165) is 27.8 Å². The van der Waals surface area contributed by atoms with Gasteiger partial charge in [-0.3, -0.25) is 4.79 Å². The number of carbonyl (C=O) groups is 1. The summed E-state index contributed by atoms with van der Waals surface area (Å²) in [5.41, 5.74) is -0.529. The van der Waals surface area contributed by atoms with Gasteiger partial charge >= 0.3 is 0 Å². The molecule has 1 amide bonds. The van der Waals surface area contributed by atoms with Crippen molar-refractivity contribution in [3.63, 3.8) is 0 Å². The van der Waals surface area contributed by atoms with Gasteiger partial charge in [-0.05, 0) is 22.9 Å². The lowest BCUT2D eigenvalue weighted by Crippen LogP contribution is -2.28. The molecule has 3 nitrogen and oxygen atoms in total. The van der Waals surface area contributed by atoms with Gasteiger partial charge in [-0.1, -0.05) is 42.5 Å². The Kier molecular flexibility index (Phi) is 3.34. The standard InChI is InChI=1S/C19H17NO2S/c1-20-18(21)15-12-19(15,17-10-5-11-23-17)22-16-9-4-7-13-6-2-3-8-14(13)16/h2-11,15H,12H2,1H3,(H,20,21)/t15-,19-/m1/s1. The SMILES string of the molecule is CNC(=O)[C@H]1C[C@]1(Oc1cccc2ccccc12)c1cccs1. The van der Waals surface area contributed by atoms with Gasteiger partial charge in [0.1, 0.15) is 5.75 Å². The number of hydrogen-bond donors (Lipinski definition) is 1. The van der Waals surface area contributed by atoms with E-state index in [9.17, 15) is 4.79 Å². The lowest BCUT2D eigenvalue weighted by Gasteiger charge is -2.20. The van der Waals surface area contributed by atoms with Crippen molar-refractivity contribution in [3.8, 4) is 5.75 Å². The first kappa shape index (κ1) is 14.3. The summed E-state index contributed by atoms with van der Waals surface area (Å²) in [6.45, 7) is 0. The monoisotopic (exact) mass is 323 g/mol. The molecule has 2 aromatic carbocycles. The fourth-order valence-corrected chi connectivity index (χ4v) is 4.09.